The van der Waals surface area contributed by atoms with E-state index in [9.17, 15) is 33.2 Å². The van der Waals surface area contributed by atoms with Gasteiger partial charge in [-0.2, -0.15) is 10.2 Å². The van der Waals surface area contributed by atoms with Crippen molar-refractivity contribution in [3.63, 3.8) is 0 Å². The fourth-order valence-electron chi connectivity index (χ4n) is 8.62. The maximum absolute atomic E-state index is 15.1. The molecule has 6 amide bonds. The first-order valence-corrected chi connectivity index (χ1v) is 20.7. The number of halogens is 2. The van der Waals surface area contributed by atoms with Crippen molar-refractivity contribution in [1.29, 1.82) is 0 Å². The van der Waals surface area contributed by atoms with Crippen LogP contribution in [0.5, 0.6) is 0 Å². The second-order valence-electron chi connectivity index (χ2n) is 17.2. The third-order valence-electron chi connectivity index (χ3n) is 11.6. The number of esters is 1. The summed E-state index contributed by atoms with van der Waals surface area (Å²) < 4.78 is 38.6. The molecule has 4 aliphatic rings. The molecule has 4 unspecified atom stereocenters. The summed E-state index contributed by atoms with van der Waals surface area (Å²) in [6, 6.07) is 10.2. The van der Waals surface area contributed by atoms with Crippen LogP contribution in [0.1, 0.15) is 69.4 Å². The number of nitrogens with one attached hydrogen (secondary N) is 2. The Labute approximate surface area is 356 Å². The molecule has 0 bridgehead atoms. The second-order valence-corrected chi connectivity index (χ2v) is 17.2. The number of carboxylic acids is 1. The van der Waals surface area contributed by atoms with Gasteiger partial charge in [-0.1, -0.05) is 12.1 Å². The number of carbonyl (C=O) groups is 6. The Kier molecular flexibility index (Phi) is 12.6. The topological polar surface area (TPSA) is 205 Å². The predicted molar refractivity (Wildman–Crippen MR) is 223 cm³/mol. The summed E-state index contributed by atoms with van der Waals surface area (Å²) in [6.07, 6.45) is -0.747. The molecule has 0 radical (unpaired) electrons. The number of alkyl halides is 2. The maximum Gasteiger partial charge on any atom is 0.329 e. The SMILES string of the molecule is Cn1nc(N2CCC(=O)NC2=O)c2ccc(C3CCN(CC(=O)O)CC3F)cc21.Cn1nc(N2CCC(=O)NC2=O)c2ccc(C3CCN(CC(=O)OC(C)(C)C)CC3F)cc21. The van der Waals surface area contributed by atoms with Gasteiger partial charge < -0.3 is 9.84 Å². The Morgan fingerprint density at radius 1 is 0.726 bits per heavy atom. The van der Waals surface area contributed by atoms with Crippen molar-refractivity contribution in [2.75, 3.05) is 62.2 Å². The van der Waals surface area contributed by atoms with E-state index in [0.29, 0.717) is 37.6 Å². The number of amides is 6. The monoisotopic (exact) mass is 862 g/mol. The number of aryl methyl sites for hydroxylation is 2. The smallest absolute Gasteiger partial charge is 0.329 e. The van der Waals surface area contributed by atoms with E-state index in [1.807, 2.05) is 57.2 Å². The molecule has 4 atom stereocenters. The van der Waals surface area contributed by atoms with Gasteiger partial charge in [-0.3, -0.25) is 58.8 Å². The third-order valence-corrected chi connectivity index (χ3v) is 11.6. The summed E-state index contributed by atoms with van der Waals surface area (Å²) in [5.74, 6) is -1.58. The molecular formula is C42H52F2N10O8. The van der Waals surface area contributed by atoms with E-state index >= 15 is 4.39 Å². The maximum atomic E-state index is 15.1. The zero-order chi connectivity index (χ0) is 44.6. The standard InChI is InChI=1S/C23H30FN5O4.C19H22FN5O4/c1-23(2,3)33-20(31)13-28-9-7-15(17(24)12-28)14-5-6-16-18(11-14)27(4)26-21(16)29-10-8-19(30)25-22(29)32;1-23-15-8-11(12-4-6-24(9-14(12)20)10-17(27)28)2-3-13(15)18(22-23)25-7-5-16(26)21-19(25)29/h5-6,11,15,17H,7-10,12-13H2,1-4H3,(H,25,30,32);2-3,8,12,14H,4-7,9-10H2,1H3,(H,27,28)(H,21,26,29). The lowest BCUT2D eigenvalue weighted by Crippen LogP contribution is -2.49. The molecule has 8 rings (SSSR count). The van der Waals surface area contributed by atoms with Gasteiger partial charge in [0.15, 0.2) is 11.6 Å². The van der Waals surface area contributed by atoms with Gasteiger partial charge in [-0.15, -0.1) is 0 Å². The fourth-order valence-corrected chi connectivity index (χ4v) is 8.62. The van der Waals surface area contributed by atoms with Gasteiger partial charge in [-0.05, 0) is 82.1 Å². The summed E-state index contributed by atoms with van der Waals surface area (Å²) in [6.45, 7) is 7.26. The summed E-state index contributed by atoms with van der Waals surface area (Å²) in [5.41, 5.74) is 2.68. The van der Waals surface area contributed by atoms with Crippen LogP contribution in [-0.4, -0.2) is 141 Å². The van der Waals surface area contributed by atoms with Crippen LogP contribution in [-0.2, 0) is 38.0 Å². The number of hydrogen-bond acceptors (Lipinski definition) is 11. The molecule has 2 aromatic heterocycles. The molecule has 0 aliphatic carbocycles. The van der Waals surface area contributed by atoms with Crippen LogP contribution in [0.25, 0.3) is 21.8 Å². The molecule has 0 saturated carbocycles. The molecule has 6 heterocycles. The molecule has 4 aromatic rings. The van der Waals surface area contributed by atoms with Gasteiger partial charge in [0.2, 0.25) is 11.8 Å². The highest BCUT2D eigenvalue weighted by molar-refractivity contribution is 6.10. The number of ether oxygens (including phenoxy) is 1. The molecule has 4 saturated heterocycles. The van der Waals surface area contributed by atoms with E-state index in [2.05, 4.69) is 20.8 Å². The highest BCUT2D eigenvalue weighted by Crippen LogP contribution is 2.37. The van der Waals surface area contributed by atoms with Crippen LogP contribution in [0.15, 0.2) is 36.4 Å². The van der Waals surface area contributed by atoms with Crippen LogP contribution in [0.4, 0.5) is 30.0 Å². The summed E-state index contributed by atoms with van der Waals surface area (Å²) in [5, 5.41) is 23.9. The number of imide groups is 2. The first kappa shape index (κ1) is 44.0. The molecule has 4 aliphatic heterocycles. The summed E-state index contributed by atoms with van der Waals surface area (Å²) in [7, 11) is 3.53. The molecule has 4 fully saturated rings. The van der Waals surface area contributed by atoms with Crippen molar-refractivity contribution in [3.05, 3.63) is 47.5 Å². The van der Waals surface area contributed by atoms with Crippen LogP contribution < -0.4 is 20.4 Å². The lowest BCUT2D eigenvalue weighted by atomic mass is 9.87. The number of likely N-dealkylation sites (tertiary alicyclic amines) is 2. The largest absolute Gasteiger partial charge is 0.480 e. The first-order valence-electron chi connectivity index (χ1n) is 20.7. The number of benzene rings is 2. The molecule has 18 nitrogen and oxygen atoms in total. The number of aromatic nitrogens is 4. The number of carboxylic acid groups (broad SMARTS) is 1. The van der Waals surface area contributed by atoms with Crippen molar-refractivity contribution in [2.45, 2.75) is 76.2 Å². The van der Waals surface area contributed by atoms with Gasteiger partial charge in [0.05, 0.1) is 24.1 Å². The Morgan fingerprint density at radius 2 is 1.16 bits per heavy atom. The van der Waals surface area contributed by atoms with E-state index in [1.54, 1.807) is 33.3 Å². The number of fused-ring (bicyclic) bond motifs is 2. The molecule has 3 N–H and O–H groups in total. The zero-order valence-corrected chi connectivity index (χ0v) is 35.4. The number of aliphatic carboxylic acids is 1. The minimum absolute atomic E-state index is 0.0783. The second kappa shape index (κ2) is 17.8. The number of rotatable bonds is 8. The van der Waals surface area contributed by atoms with Crippen molar-refractivity contribution in [1.82, 2.24) is 40.0 Å². The van der Waals surface area contributed by atoms with E-state index in [4.69, 9.17) is 9.84 Å². The van der Waals surface area contributed by atoms with Gasteiger partial charge in [0, 0.05) is 75.7 Å². The number of nitrogens with zero attached hydrogens (tertiary/aromatic N) is 8. The zero-order valence-electron chi connectivity index (χ0n) is 35.4. The van der Waals surface area contributed by atoms with Gasteiger partial charge >= 0.3 is 24.0 Å². The van der Waals surface area contributed by atoms with E-state index in [-0.39, 0.29) is 81.7 Å². The molecule has 2 aromatic carbocycles. The Bertz CT molecular complexity index is 2410. The van der Waals surface area contributed by atoms with Crippen molar-refractivity contribution >= 4 is 69.3 Å². The number of carbonyl (C=O) groups excluding carboxylic acids is 5. The Balaban J connectivity index is 0.000000188. The molecular weight excluding hydrogens is 811 g/mol. The summed E-state index contributed by atoms with van der Waals surface area (Å²) >= 11 is 0. The third kappa shape index (κ3) is 9.70. The van der Waals surface area contributed by atoms with Gasteiger partial charge in [-0.25, -0.2) is 18.4 Å². The quantitative estimate of drug-likeness (QED) is 0.217. The van der Waals surface area contributed by atoms with Crippen molar-refractivity contribution in [3.8, 4) is 0 Å². The van der Waals surface area contributed by atoms with Gasteiger partial charge in [0.1, 0.15) is 17.9 Å². The lowest BCUT2D eigenvalue weighted by molar-refractivity contribution is -0.156. The fraction of sp³-hybridized carbons (Fsp3) is 0.524. The van der Waals surface area contributed by atoms with Gasteiger partial charge in [0.25, 0.3) is 0 Å². The normalized spacial score (nSPS) is 23.0. The molecule has 20 heteroatoms. The molecule has 0 spiro atoms. The minimum atomic E-state index is -1.16. The Morgan fingerprint density at radius 3 is 1.55 bits per heavy atom. The van der Waals surface area contributed by atoms with Crippen LogP contribution in [0.2, 0.25) is 0 Å². The van der Waals surface area contributed by atoms with Crippen molar-refractivity contribution in [2.24, 2.45) is 14.1 Å². The number of piperidine rings is 2. The molecule has 62 heavy (non-hydrogen) atoms. The summed E-state index contributed by atoms with van der Waals surface area (Å²) in [4.78, 5) is 76.5. The minimum Gasteiger partial charge on any atom is -0.480 e. The average Bonchev–Trinajstić information content (AvgIpc) is 3.69. The van der Waals surface area contributed by atoms with E-state index in [1.165, 1.54) is 9.80 Å². The first-order chi connectivity index (χ1) is 29.3. The van der Waals surface area contributed by atoms with E-state index < -0.39 is 36.0 Å². The number of hydrogen-bond donors (Lipinski definition) is 3. The van der Waals surface area contributed by atoms with Crippen LogP contribution >= 0.6 is 0 Å². The lowest BCUT2D eigenvalue weighted by Gasteiger charge is -2.34. The van der Waals surface area contributed by atoms with E-state index in [0.717, 1.165) is 32.9 Å². The van der Waals surface area contributed by atoms with Crippen LogP contribution in [0.3, 0.4) is 0 Å². The average molecular weight is 863 g/mol. The Hall–Kier alpha value is -6.02. The number of anilines is 2. The molecule has 332 valence electrons. The highest BCUT2D eigenvalue weighted by Gasteiger charge is 2.35. The highest BCUT2D eigenvalue weighted by atomic mass is 19.1. The predicted octanol–water partition coefficient (Wildman–Crippen LogP) is 3.72. The van der Waals surface area contributed by atoms with Crippen LogP contribution in [0, 0.1) is 0 Å². The number of urea groups is 2. The van der Waals surface area contributed by atoms with Crippen molar-refractivity contribution < 1.29 is 47.4 Å².